The van der Waals surface area contributed by atoms with E-state index in [2.05, 4.69) is 6.92 Å². The smallest absolute Gasteiger partial charge is 0.338 e. The van der Waals surface area contributed by atoms with Crippen LogP contribution in [0.5, 0.6) is 11.7 Å². The summed E-state index contributed by atoms with van der Waals surface area (Å²) >= 11 is 0. The van der Waals surface area contributed by atoms with Gasteiger partial charge >= 0.3 is 5.97 Å². The van der Waals surface area contributed by atoms with Gasteiger partial charge in [-0.25, -0.2) is 9.18 Å². The van der Waals surface area contributed by atoms with Gasteiger partial charge in [0.15, 0.2) is 29.4 Å². The van der Waals surface area contributed by atoms with Crippen molar-refractivity contribution in [1.82, 2.24) is 0 Å². The lowest BCUT2D eigenvalue weighted by molar-refractivity contribution is -0.246. The molecule has 1 saturated heterocycles. The van der Waals surface area contributed by atoms with Crippen molar-refractivity contribution in [3.8, 4) is 11.7 Å². The minimum atomic E-state index is -2.07. The number of furan rings is 1. The second kappa shape index (κ2) is 11.5. The molecule has 10 nitrogen and oxygen atoms in total. The number of Topliss-reactive ketones (excluding diaryl/α,β-unsaturated/α-hetero) is 1. The number of benzene rings is 1. The highest BCUT2D eigenvalue weighted by molar-refractivity contribution is 6.01. The van der Waals surface area contributed by atoms with Crippen LogP contribution in [-0.2, 0) is 23.8 Å². The first-order chi connectivity index (χ1) is 23.1. The number of unbranched alkanes of at least 4 members (excludes halogenated alkanes) is 2. The molecule has 1 aromatic heterocycles. The standard InChI is InChI=1S/C38H45FO10/c1-6-7-8-13-45-33(44)21-14-27(41)24-17-32(47-28(24)15-21)46-20-30(43)38-31(48-34(2,3)49-38)18-26-25-10-9-22-16-23(40)11-12-35(22,4)37(25,39)29(42)19-36(26,38)5/h11-12,14-17,25-26,29,31,41-42H,6-10,13,18-20H2,1-5H3. The molecule has 0 amide bonds. The van der Waals surface area contributed by atoms with Gasteiger partial charge in [-0.3, -0.25) is 9.59 Å². The van der Waals surface area contributed by atoms with Crippen molar-refractivity contribution < 1.29 is 52.4 Å². The molecule has 4 aliphatic carbocycles. The fourth-order valence-corrected chi connectivity index (χ4v) is 9.94. The molecule has 49 heavy (non-hydrogen) atoms. The number of esters is 1. The Bertz CT molecular complexity index is 1770. The molecule has 1 aliphatic heterocycles. The quantitative estimate of drug-likeness (QED) is 0.229. The van der Waals surface area contributed by atoms with Gasteiger partial charge in [0, 0.05) is 22.8 Å². The van der Waals surface area contributed by atoms with Gasteiger partial charge in [-0.05, 0) is 83.1 Å². The molecule has 2 N–H and O–H groups in total. The lowest BCUT2D eigenvalue weighted by Gasteiger charge is -2.62. The average Bonchev–Trinajstić information content (AvgIpc) is 3.66. The predicted molar refractivity (Wildman–Crippen MR) is 175 cm³/mol. The van der Waals surface area contributed by atoms with E-state index in [1.807, 2.05) is 6.92 Å². The third-order valence-electron chi connectivity index (χ3n) is 12.2. The molecular weight excluding hydrogens is 635 g/mol. The Labute approximate surface area is 284 Å². The van der Waals surface area contributed by atoms with E-state index in [0.29, 0.717) is 30.2 Å². The highest BCUT2D eigenvalue weighted by atomic mass is 19.1. The van der Waals surface area contributed by atoms with Gasteiger partial charge < -0.3 is 33.6 Å². The summed E-state index contributed by atoms with van der Waals surface area (Å²) < 4.78 is 47.7. The van der Waals surface area contributed by atoms with E-state index >= 15 is 4.39 Å². The van der Waals surface area contributed by atoms with Crippen LogP contribution in [0.25, 0.3) is 11.0 Å². The molecule has 7 rings (SSSR count). The van der Waals surface area contributed by atoms with Crippen LogP contribution in [0.15, 0.2) is 46.4 Å². The Kier molecular flexibility index (Phi) is 7.96. The highest BCUT2D eigenvalue weighted by Gasteiger charge is 2.80. The van der Waals surface area contributed by atoms with Crippen molar-refractivity contribution >= 4 is 28.5 Å². The normalized spacial score (nSPS) is 37.2. The number of phenols is 1. The summed E-state index contributed by atoms with van der Waals surface area (Å²) in [6, 6.07) is 4.19. The number of carbonyl (C=O) groups excluding carboxylic acids is 3. The minimum absolute atomic E-state index is 0.0532. The second-order valence-corrected chi connectivity index (χ2v) is 15.4. The topological polar surface area (TPSA) is 142 Å². The summed E-state index contributed by atoms with van der Waals surface area (Å²) in [6.07, 6.45) is 6.17. The zero-order valence-electron chi connectivity index (χ0n) is 28.7. The Morgan fingerprint density at radius 1 is 1.10 bits per heavy atom. The molecule has 0 radical (unpaired) electrons. The number of halogens is 1. The maximum atomic E-state index is 17.7. The third kappa shape index (κ3) is 4.86. The molecule has 5 aliphatic rings. The minimum Gasteiger partial charge on any atom is -0.507 e. The van der Waals surface area contributed by atoms with Gasteiger partial charge in [-0.2, -0.15) is 0 Å². The third-order valence-corrected chi connectivity index (χ3v) is 12.2. The van der Waals surface area contributed by atoms with Gasteiger partial charge in [0.25, 0.3) is 5.95 Å². The molecule has 0 bridgehead atoms. The molecule has 4 fully saturated rings. The fourth-order valence-electron chi connectivity index (χ4n) is 9.94. The van der Waals surface area contributed by atoms with Gasteiger partial charge in [0.05, 0.1) is 29.8 Å². The van der Waals surface area contributed by atoms with Crippen LogP contribution >= 0.6 is 0 Å². The molecule has 8 unspecified atom stereocenters. The molecule has 2 aromatic rings. The van der Waals surface area contributed by atoms with Gasteiger partial charge in [-0.15, -0.1) is 0 Å². The highest BCUT2D eigenvalue weighted by Crippen LogP contribution is 2.72. The van der Waals surface area contributed by atoms with Crippen molar-refractivity contribution in [2.24, 2.45) is 22.7 Å². The van der Waals surface area contributed by atoms with Crippen molar-refractivity contribution in [3.63, 3.8) is 0 Å². The maximum absolute atomic E-state index is 17.7. The summed E-state index contributed by atoms with van der Waals surface area (Å²) in [5.41, 5.74) is -4.82. The van der Waals surface area contributed by atoms with Crippen LogP contribution in [0.4, 0.5) is 4.39 Å². The number of alkyl halides is 1. The first-order valence-corrected chi connectivity index (χ1v) is 17.4. The van der Waals surface area contributed by atoms with Crippen LogP contribution in [0, 0.1) is 22.7 Å². The molecule has 11 heteroatoms. The Morgan fingerprint density at radius 3 is 2.63 bits per heavy atom. The molecule has 8 atom stereocenters. The van der Waals surface area contributed by atoms with Crippen molar-refractivity contribution in [3.05, 3.63) is 47.6 Å². The number of allylic oxidation sites excluding steroid dienone is 4. The first kappa shape index (κ1) is 33.9. The number of aliphatic hydroxyl groups excluding tert-OH is 1. The molecule has 0 spiro atoms. The number of ether oxygens (including phenoxy) is 4. The predicted octanol–water partition coefficient (Wildman–Crippen LogP) is 6.30. The monoisotopic (exact) mass is 680 g/mol. The van der Waals surface area contributed by atoms with Crippen molar-refractivity contribution in [2.45, 2.75) is 109 Å². The maximum Gasteiger partial charge on any atom is 0.338 e. The first-order valence-electron chi connectivity index (χ1n) is 17.4. The van der Waals surface area contributed by atoms with E-state index in [4.69, 9.17) is 23.4 Å². The molecule has 3 saturated carbocycles. The summed E-state index contributed by atoms with van der Waals surface area (Å²) in [7, 11) is 0. The zero-order valence-corrected chi connectivity index (χ0v) is 28.7. The van der Waals surface area contributed by atoms with E-state index in [9.17, 15) is 24.6 Å². The number of phenolic OH excluding ortho intramolecular Hbond substituents is 1. The SMILES string of the molecule is CCCCCOC(=O)c1cc(O)c2cc(OCC(=O)C34OC(C)(C)OC3CC3C5CCC6=CC(=O)C=CC6(C)C5(F)C(O)CC34C)oc2c1. The summed E-state index contributed by atoms with van der Waals surface area (Å²) in [5, 5.41) is 22.8. The summed E-state index contributed by atoms with van der Waals surface area (Å²) in [6.45, 7) is 8.94. The Hall–Kier alpha value is -3.54. The molecular formula is C38H45FO10. The number of aliphatic hydroxyl groups is 1. The summed E-state index contributed by atoms with van der Waals surface area (Å²) in [5.74, 6) is -3.59. The van der Waals surface area contributed by atoms with Crippen molar-refractivity contribution in [2.75, 3.05) is 13.2 Å². The number of aromatic hydroxyl groups is 1. The number of hydrogen-bond donors (Lipinski definition) is 2. The molecule has 1 aromatic carbocycles. The van der Waals surface area contributed by atoms with E-state index in [0.717, 1.165) is 19.3 Å². The zero-order chi connectivity index (χ0) is 35.1. The van der Waals surface area contributed by atoms with Crippen LogP contribution in [0.1, 0.15) is 89.9 Å². The number of ketones is 2. The number of rotatable bonds is 9. The Morgan fingerprint density at radius 2 is 1.88 bits per heavy atom. The average molecular weight is 681 g/mol. The van der Waals surface area contributed by atoms with E-state index in [1.54, 1.807) is 26.8 Å². The number of carbonyl (C=O) groups is 3. The molecule has 264 valence electrons. The largest absolute Gasteiger partial charge is 0.507 e. The van der Waals surface area contributed by atoms with Gasteiger partial charge in [0.2, 0.25) is 5.78 Å². The van der Waals surface area contributed by atoms with Gasteiger partial charge in [0.1, 0.15) is 11.3 Å². The van der Waals surface area contributed by atoms with Crippen molar-refractivity contribution in [1.29, 1.82) is 0 Å². The van der Waals surface area contributed by atoms with E-state index in [1.165, 1.54) is 30.4 Å². The summed E-state index contributed by atoms with van der Waals surface area (Å²) in [4.78, 5) is 39.3. The number of fused-ring (bicyclic) bond motifs is 8. The van der Waals surface area contributed by atoms with E-state index < -0.39 is 64.4 Å². The second-order valence-electron chi connectivity index (χ2n) is 15.4. The fraction of sp³-hybridized carbons (Fsp3) is 0.605. The van der Waals surface area contributed by atoms with Crippen LogP contribution < -0.4 is 4.74 Å². The lowest BCUT2D eigenvalue weighted by atomic mass is 9.44. The molecule has 2 heterocycles. The lowest BCUT2D eigenvalue weighted by Crippen LogP contribution is -2.70. The van der Waals surface area contributed by atoms with Crippen LogP contribution in [-0.4, -0.2) is 70.2 Å². The van der Waals surface area contributed by atoms with Crippen LogP contribution in [0.2, 0.25) is 0 Å². The Balaban J connectivity index is 1.15. The number of hydrogen-bond acceptors (Lipinski definition) is 10. The van der Waals surface area contributed by atoms with Gasteiger partial charge in [-0.1, -0.05) is 38.3 Å². The van der Waals surface area contributed by atoms with E-state index in [-0.39, 0.29) is 47.6 Å². The van der Waals surface area contributed by atoms with Crippen LogP contribution in [0.3, 0.4) is 0 Å².